The summed E-state index contributed by atoms with van der Waals surface area (Å²) in [6.45, 7) is 4.45. The topological polar surface area (TPSA) is 47.0 Å². The first-order valence-electron chi connectivity index (χ1n) is 7.10. The van der Waals surface area contributed by atoms with Gasteiger partial charge in [0.15, 0.2) is 0 Å². The molecule has 0 radical (unpaired) electrons. The zero-order valence-electron chi connectivity index (χ0n) is 12.0. The van der Waals surface area contributed by atoms with E-state index >= 15 is 0 Å². The summed E-state index contributed by atoms with van der Waals surface area (Å²) in [5.74, 6) is 0.783. The third-order valence-electron chi connectivity index (χ3n) is 3.56. The zero-order valence-corrected chi connectivity index (χ0v) is 12.7. The van der Waals surface area contributed by atoms with Crippen LogP contribution < -0.4 is 5.32 Å². The van der Waals surface area contributed by atoms with Crippen LogP contribution in [0.2, 0.25) is 5.02 Å². The van der Waals surface area contributed by atoms with E-state index in [0.29, 0.717) is 6.42 Å². The Balaban J connectivity index is 1.76. The summed E-state index contributed by atoms with van der Waals surface area (Å²) in [7, 11) is 0. The molecule has 1 atom stereocenters. The molecule has 0 spiro atoms. The highest BCUT2D eigenvalue weighted by molar-refractivity contribution is 6.31. The largest absolute Gasteiger partial charge is 0.371 e. The SMILES string of the molecule is Cc1cnc(Cc2ccc([C@H]3CNCCO3)cc2Cl)nc1. The minimum absolute atomic E-state index is 0.0842. The van der Waals surface area contributed by atoms with Gasteiger partial charge >= 0.3 is 0 Å². The molecule has 3 rings (SSSR count). The van der Waals surface area contributed by atoms with Crippen molar-refractivity contribution in [3.8, 4) is 0 Å². The predicted octanol–water partition coefficient (Wildman–Crippen LogP) is 2.69. The Morgan fingerprint density at radius 3 is 2.81 bits per heavy atom. The summed E-state index contributed by atoms with van der Waals surface area (Å²) < 4.78 is 5.74. The Labute approximate surface area is 129 Å². The van der Waals surface area contributed by atoms with E-state index in [4.69, 9.17) is 16.3 Å². The van der Waals surface area contributed by atoms with Crippen molar-refractivity contribution in [1.29, 1.82) is 0 Å². The highest BCUT2D eigenvalue weighted by Gasteiger charge is 2.16. The fourth-order valence-electron chi connectivity index (χ4n) is 2.37. The fourth-order valence-corrected chi connectivity index (χ4v) is 2.62. The van der Waals surface area contributed by atoms with Crippen molar-refractivity contribution in [2.45, 2.75) is 19.4 Å². The zero-order chi connectivity index (χ0) is 14.7. The standard InChI is InChI=1S/C16H18ClN3O/c1-11-8-19-16(20-9-11)7-12-2-3-13(6-14(12)17)15-10-18-4-5-21-15/h2-3,6,8-9,15,18H,4-5,7,10H2,1H3/t15-/m1/s1. The number of aromatic nitrogens is 2. The Morgan fingerprint density at radius 2 is 2.14 bits per heavy atom. The number of hydrogen-bond donors (Lipinski definition) is 1. The van der Waals surface area contributed by atoms with Crippen molar-refractivity contribution in [2.24, 2.45) is 0 Å². The number of halogens is 1. The van der Waals surface area contributed by atoms with Crippen molar-refractivity contribution < 1.29 is 4.74 Å². The van der Waals surface area contributed by atoms with Crippen molar-refractivity contribution in [2.75, 3.05) is 19.7 Å². The lowest BCUT2D eigenvalue weighted by Crippen LogP contribution is -2.33. The van der Waals surface area contributed by atoms with Crippen LogP contribution in [0, 0.1) is 6.92 Å². The van der Waals surface area contributed by atoms with Crippen LogP contribution in [0.3, 0.4) is 0 Å². The van der Waals surface area contributed by atoms with Crippen LogP contribution in [0.1, 0.15) is 28.6 Å². The van der Waals surface area contributed by atoms with Crippen molar-refractivity contribution in [3.63, 3.8) is 0 Å². The number of ether oxygens (including phenoxy) is 1. The first-order valence-corrected chi connectivity index (χ1v) is 7.48. The molecule has 1 aromatic heterocycles. The summed E-state index contributed by atoms with van der Waals surface area (Å²) in [4.78, 5) is 8.65. The molecule has 5 heteroatoms. The van der Waals surface area contributed by atoms with Gasteiger partial charge in [0.05, 0.1) is 12.7 Å². The van der Waals surface area contributed by atoms with Gasteiger partial charge in [0.2, 0.25) is 0 Å². The summed E-state index contributed by atoms with van der Waals surface area (Å²) in [6.07, 6.45) is 4.38. The number of aryl methyl sites for hydroxylation is 1. The first kappa shape index (κ1) is 14.4. The molecule has 4 nitrogen and oxygen atoms in total. The maximum absolute atomic E-state index is 6.40. The van der Waals surface area contributed by atoms with Crippen LogP contribution in [0.25, 0.3) is 0 Å². The first-order chi connectivity index (χ1) is 10.2. The Morgan fingerprint density at radius 1 is 1.33 bits per heavy atom. The number of morpholine rings is 1. The minimum atomic E-state index is 0.0842. The van der Waals surface area contributed by atoms with Crippen molar-refractivity contribution in [1.82, 2.24) is 15.3 Å². The Kier molecular flexibility index (Phi) is 4.48. The van der Waals surface area contributed by atoms with E-state index in [9.17, 15) is 0 Å². The number of hydrogen-bond acceptors (Lipinski definition) is 4. The maximum atomic E-state index is 6.40. The molecule has 0 aliphatic carbocycles. The molecule has 1 aromatic carbocycles. The number of benzene rings is 1. The summed E-state index contributed by atoms with van der Waals surface area (Å²) in [6, 6.07) is 6.11. The maximum Gasteiger partial charge on any atom is 0.132 e. The van der Waals surface area contributed by atoms with Crippen LogP contribution >= 0.6 is 11.6 Å². The lowest BCUT2D eigenvalue weighted by Gasteiger charge is -2.24. The van der Waals surface area contributed by atoms with Crippen LogP contribution in [-0.2, 0) is 11.2 Å². The molecule has 1 aliphatic rings. The van der Waals surface area contributed by atoms with Gasteiger partial charge < -0.3 is 10.1 Å². The molecule has 2 heterocycles. The van der Waals surface area contributed by atoms with Gasteiger partial charge in [-0.25, -0.2) is 9.97 Å². The van der Waals surface area contributed by atoms with Crippen molar-refractivity contribution >= 4 is 11.6 Å². The van der Waals surface area contributed by atoms with Gasteiger partial charge in [-0.3, -0.25) is 0 Å². The van der Waals surface area contributed by atoms with Gasteiger partial charge in [-0.05, 0) is 29.7 Å². The molecule has 1 saturated heterocycles. The highest BCUT2D eigenvalue weighted by atomic mass is 35.5. The average molecular weight is 304 g/mol. The molecule has 0 bridgehead atoms. The fraction of sp³-hybridized carbons (Fsp3) is 0.375. The van der Waals surface area contributed by atoms with Crippen LogP contribution in [0.4, 0.5) is 0 Å². The monoisotopic (exact) mass is 303 g/mol. The molecule has 0 amide bonds. The van der Waals surface area contributed by atoms with Gasteiger partial charge in [0, 0.05) is 36.9 Å². The van der Waals surface area contributed by atoms with E-state index in [1.807, 2.05) is 31.5 Å². The van der Waals surface area contributed by atoms with Gasteiger partial charge in [-0.2, -0.15) is 0 Å². The summed E-state index contributed by atoms with van der Waals surface area (Å²) in [5.41, 5.74) is 3.20. The Hall–Kier alpha value is -1.49. The number of nitrogens with zero attached hydrogens (tertiary/aromatic N) is 2. The molecular formula is C16H18ClN3O. The minimum Gasteiger partial charge on any atom is -0.371 e. The molecule has 2 aromatic rings. The van der Waals surface area contributed by atoms with Gasteiger partial charge in [-0.1, -0.05) is 23.7 Å². The smallest absolute Gasteiger partial charge is 0.132 e. The van der Waals surface area contributed by atoms with E-state index in [1.165, 1.54) is 0 Å². The van der Waals surface area contributed by atoms with Crippen LogP contribution in [0.5, 0.6) is 0 Å². The molecule has 1 N–H and O–H groups in total. The average Bonchev–Trinajstić information content (AvgIpc) is 2.52. The normalized spacial score (nSPS) is 18.7. The second kappa shape index (κ2) is 6.52. The second-order valence-corrected chi connectivity index (χ2v) is 5.68. The third kappa shape index (κ3) is 3.59. The molecule has 0 saturated carbocycles. The van der Waals surface area contributed by atoms with E-state index in [-0.39, 0.29) is 6.10 Å². The summed E-state index contributed by atoms with van der Waals surface area (Å²) in [5, 5.41) is 4.07. The van der Waals surface area contributed by atoms with E-state index < -0.39 is 0 Å². The van der Waals surface area contributed by atoms with Crippen molar-refractivity contribution in [3.05, 3.63) is 58.1 Å². The van der Waals surface area contributed by atoms with E-state index in [2.05, 4.69) is 21.4 Å². The molecular weight excluding hydrogens is 286 g/mol. The van der Waals surface area contributed by atoms with Crippen LogP contribution in [0.15, 0.2) is 30.6 Å². The van der Waals surface area contributed by atoms with E-state index in [0.717, 1.165) is 47.2 Å². The molecule has 110 valence electrons. The lowest BCUT2D eigenvalue weighted by molar-refractivity contribution is 0.0277. The van der Waals surface area contributed by atoms with E-state index in [1.54, 1.807) is 0 Å². The number of rotatable bonds is 3. The molecule has 0 unspecified atom stereocenters. The van der Waals surface area contributed by atoms with Gasteiger partial charge in [0.25, 0.3) is 0 Å². The second-order valence-electron chi connectivity index (χ2n) is 5.27. The molecule has 21 heavy (non-hydrogen) atoms. The van der Waals surface area contributed by atoms with Gasteiger partial charge in [0.1, 0.15) is 5.82 Å². The quantitative estimate of drug-likeness (QED) is 0.947. The van der Waals surface area contributed by atoms with Crippen LogP contribution in [-0.4, -0.2) is 29.7 Å². The molecule has 1 fully saturated rings. The Bertz CT molecular complexity index is 609. The third-order valence-corrected chi connectivity index (χ3v) is 3.91. The van der Waals surface area contributed by atoms with Gasteiger partial charge in [-0.15, -0.1) is 0 Å². The highest BCUT2D eigenvalue weighted by Crippen LogP contribution is 2.25. The predicted molar refractivity (Wildman–Crippen MR) is 82.6 cm³/mol. The summed E-state index contributed by atoms with van der Waals surface area (Å²) >= 11 is 6.40. The number of nitrogens with one attached hydrogen (secondary N) is 1. The lowest BCUT2D eigenvalue weighted by atomic mass is 10.0. The molecule has 1 aliphatic heterocycles.